The quantitative estimate of drug-likeness (QED) is 0.762. The monoisotopic (exact) mass is 365 g/mol. The van der Waals surface area contributed by atoms with Crippen LogP contribution in [0.4, 0.5) is 0 Å². The molecule has 1 aliphatic heterocycles. The van der Waals surface area contributed by atoms with Gasteiger partial charge in [-0.2, -0.15) is 0 Å². The summed E-state index contributed by atoms with van der Waals surface area (Å²) in [6.07, 6.45) is 6.36. The van der Waals surface area contributed by atoms with Crippen molar-refractivity contribution in [1.29, 1.82) is 0 Å². The van der Waals surface area contributed by atoms with Gasteiger partial charge in [0.1, 0.15) is 12.7 Å². The number of benzene rings is 1. The fraction of sp³-hybridized carbons (Fsp3) is 0.263. The normalized spacial score (nSPS) is 16.9. The second kappa shape index (κ2) is 7.45. The maximum atomic E-state index is 12.6. The minimum atomic E-state index is -0.150. The Hall–Kier alpha value is -3.42. The number of nitrogens with one attached hydrogen (secondary N) is 1. The molecule has 27 heavy (non-hydrogen) atoms. The highest BCUT2D eigenvalue weighted by Gasteiger charge is 2.26. The number of rotatable bonds is 4. The van der Waals surface area contributed by atoms with Crippen molar-refractivity contribution in [2.75, 3.05) is 13.1 Å². The molecule has 1 N–H and O–H groups in total. The summed E-state index contributed by atoms with van der Waals surface area (Å²) < 4.78 is 6.95. The van der Waals surface area contributed by atoms with Crippen LogP contribution in [0, 0.1) is 0 Å². The van der Waals surface area contributed by atoms with E-state index in [1.165, 1.54) is 6.26 Å². The van der Waals surface area contributed by atoms with Crippen LogP contribution in [0.25, 0.3) is 5.69 Å². The highest BCUT2D eigenvalue weighted by molar-refractivity contribution is 5.95. The zero-order valence-electron chi connectivity index (χ0n) is 14.6. The van der Waals surface area contributed by atoms with Crippen molar-refractivity contribution in [2.24, 2.45) is 0 Å². The zero-order valence-corrected chi connectivity index (χ0v) is 14.6. The van der Waals surface area contributed by atoms with Crippen molar-refractivity contribution in [1.82, 2.24) is 25.0 Å². The van der Waals surface area contributed by atoms with E-state index in [1.807, 2.05) is 12.1 Å². The van der Waals surface area contributed by atoms with Gasteiger partial charge in [-0.1, -0.05) is 0 Å². The summed E-state index contributed by atoms with van der Waals surface area (Å²) in [7, 11) is 0. The molecule has 1 unspecified atom stereocenters. The highest BCUT2D eigenvalue weighted by atomic mass is 16.3. The number of aromatic nitrogens is 3. The molecule has 1 fully saturated rings. The van der Waals surface area contributed by atoms with Gasteiger partial charge in [0.2, 0.25) is 0 Å². The minimum absolute atomic E-state index is 0.0808. The average molecular weight is 365 g/mol. The van der Waals surface area contributed by atoms with Crippen LogP contribution in [0.3, 0.4) is 0 Å². The van der Waals surface area contributed by atoms with Crippen molar-refractivity contribution in [3.05, 3.63) is 66.6 Å². The standard InChI is InChI=1S/C19H19N5O3/c25-18(14-5-7-16(8-6-14)24-12-20-21-13-24)22-15-3-1-9-23(11-15)19(26)17-4-2-10-27-17/h2,4-8,10,12-13,15H,1,3,9,11H2,(H,22,25). The second-order valence-electron chi connectivity index (χ2n) is 6.46. The van der Waals surface area contributed by atoms with E-state index < -0.39 is 0 Å². The summed E-state index contributed by atoms with van der Waals surface area (Å²) in [6, 6.07) is 10.5. The van der Waals surface area contributed by atoms with Gasteiger partial charge in [0.05, 0.1) is 6.26 Å². The van der Waals surface area contributed by atoms with Gasteiger partial charge in [-0.3, -0.25) is 14.2 Å². The number of carbonyl (C=O) groups is 2. The largest absolute Gasteiger partial charge is 0.459 e. The molecule has 1 saturated heterocycles. The lowest BCUT2D eigenvalue weighted by Gasteiger charge is -2.32. The van der Waals surface area contributed by atoms with Gasteiger partial charge in [-0.15, -0.1) is 10.2 Å². The predicted molar refractivity (Wildman–Crippen MR) is 96.5 cm³/mol. The summed E-state index contributed by atoms with van der Waals surface area (Å²) in [5.41, 5.74) is 1.45. The third-order valence-electron chi connectivity index (χ3n) is 4.62. The Labute approximate surface area is 155 Å². The van der Waals surface area contributed by atoms with E-state index >= 15 is 0 Å². The molecular formula is C19H19N5O3. The first-order valence-electron chi connectivity index (χ1n) is 8.79. The van der Waals surface area contributed by atoms with Crippen molar-refractivity contribution in [3.8, 4) is 5.69 Å². The van der Waals surface area contributed by atoms with E-state index in [4.69, 9.17) is 4.42 Å². The summed E-state index contributed by atoms with van der Waals surface area (Å²) in [4.78, 5) is 26.7. The zero-order chi connectivity index (χ0) is 18.6. The van der Waals surface area contributed by atoms with E-state index in [0.717, 1.165) is 18.5 Å². The molecular weight excluding hydrogens is 346 g/mol. The number of carbonyl (C=O) groups excluding carboxylic acids is 2. The van der Waals surface area contributed by atoms with Crippen LogP contribution in [0.2, 0.25) is 0 Å². The molecule has 8 heteroatoms. The Bertz CT molecular complexity index is 903. The summed E-state index contributed by atoms with van der Waals surface area (Å²) in [6.45, 7) is 1.14. The first-order valence-corrected chi connectivity index (χ1v) is 8.79. The van der Waals surface area contributed by atoms with Crippen LogP contribution in [0.1, 0.15) is 33.8 Å². The smallest absolute Gasteiger partial charge is 0.289 e. The molecule has 3 heterocycles. The highest BCUT2D eigenvalue weighted by Crippen LogP contribution is 2.15. The molecule has 2 aromatic heterocycles. The van der Waals surface area contributed by atoms with E-state index in [-0.39, 0.29) is 17.9 Å². The number of piperidine rings is 1. The first-order chi connectivity index (χ1) is 13.2. The van der Waals surface area contributed by atoms with Crippen LogP contribution in [-0.4, -0.2) is 50.6 Å². The number of likely N-dealkylation sites (tertiary alicyclic amines) is 1. The average Bonchev–Trinajstić information content (AvgIpc) is 3.42. The molecule has 0 saturated carbocycles. The van der Waals surface area contributed by atoms with Crippen LogP contribution in [0.5, 0.6) is 0 Å². The Kier molecular flexibility index (Phi) is 4.69. The third kappa shape index (κ3) is 3.74. The lowest BCUT2D eigenvalue weighted by molar-refractivity contribution is 0.0647. The van der Waals surface area contributed by atoms with Crippen LogP contribution in [-0.2, 0) is 0 Å². The minimum Gasteiger partial charge on any atom is -0.459 e. The maximum absolute atomic E-state index is 12.6. The lowest BCUT2D eigenvalue weighted by atomic mass is 10.0. The van der Waals surface area contributed by atoms with Gasteiger partial charge in [-0.05, 0) is 49.2 Å². The third-order valence-corrected chi connectivity index (χ3v) is 4.62. The molecule has 1 aromatic carbocycles. The number of hydrogen-bond donors (Lipinski definition) is 1. The fourth-order valence-corrected chi connectivity index (χ4v) is 3.22. The molecule has 1 atom stereocenters. The van der Waals surface area contributed by atoms with Crippen LogP contribution >= 0.6 is 0 Å². The van der Waals surface area contributed by atoms with E-state index in [2.05, 4.69) is 15.5 Å². The Morgan fingerprint density at radius 3 is 2.59 bits per heavy atom. The van der Waals surface area contributed by atoms with Crippen LogP contribution < -0.4 is 5.32 Å². The topological polar surface area (TPSA) is 93.3 Å². The molecule has 3 aromatic rings. The maximum Gasteiger partial charge on any atom is 0.289 e. The first kappa shape index (κ1) is 17.0. The second-order valence-corrected chi connectivity index (χ2v) is 6.46. The van der Waals surface area contributed by atoms with Gasteiger partial charge >= 0.3 is 0 Å². The van der Waals surface area contributed by atoms with Crippen molar-refractivity contribution in [3.63, 3.8) is 0 Å². The molecule has 0 spiro atoms. The van der Waals surface area contributed by atoms with Crippen molar-refractivity contribution >= 4 is 11.8 Å². The molecule has 0 aliphatic carbocycles. The number of nitrogens with zero attached hydrogens (tertiary/aromatic N) is 4. The van der Waals surface area contributed by atoms with Gasteiger partial charge in [0.15, 0.2) is 5.76 Å². The van der Waals surface area contributed by atoms with Gasteiger partial charge in [0, 0.05) is 30.4 Å². The summed E-state index contributed by atoms with van der Waals surface area (Å²) in [5, 5.41) is 10.6. The SMILES string of the molecule is O=C(NC1CCCN(C(=O)c2ccco2)C1)c1ccc(-n2cnnc2)cc1. The van der Waals surface area contributed by atoms with Gasteiger partial charge in [0.25, 0.3) is 11.8 Å². The predicted octanol–water partition coefficient (Wildman–Crippen LogP) is 1.89. The molecule has 2 amide bonds. The van der Waals surface area contributed by atoms with E-state index in [1.54, 1.807) is 46.4 Å². The molecule has 1 aliphatic rings. The number of furan rings is 1. The lowest BCUT2D eigenvalue weighted by Crippen LogP contribution is -2.49. The van der Waals surface area contributed by atoms with Crippen LogP contribution in [0.15, 0.2) is 59.7 Å². The molecule has 0 radical (unpaired) electrons. The van der Waals surface area contributed by atoms with E-state index in [9.17, 15) is 9.59 Å². The molecule has 8 nitrogen and oxygen atoms in total. The molecule has 138 valence electrons. The van der Waals surface area contributed by atoms with Crippen molar-refractivity contribution < 1.29 is 14.0 Å². The fourth-order valence-electron chi connectivity index (χ4n) is 3.22. The molecule has 0 bridgehead atoms. The number of hydrogen-bond acceptors (Lipinski definition) is 5. The Morgan fingerprint density at radius 1 is 1.11 bits per heavy atom. The Balaban J connectivity index is 1.38. The number of amides is 2. The molecule has 4 rings (SSSR count). The van der Waals surface area contributed by atoms with Gasteiger partial charge < -0.3 is 14.6 Å². The Morgan fingerprint density at radius 2 is 1.89 bits per heavy atom. The van der Waals surface area contributed by atoms with E-state index in [0.29, 0.717) is 24.4 Å². The van der Waals surface area contributed by atoms with Gasteiger partial charge in [-0.25, -0.2) is 0 Å². The summed E-state index contributed by atoms with van der Waals surface area (Å²) >= 11 is 0. The van der Waals surface area contributed by atoms with Crippen molar-refractivity contribution in [2.45, 2.75) is 18.9 Å². The summed E-state index contributed by atoms with van der Waals surface area (Å²) in [5.74, 6) is 0.0337.